The highest BCUT2D eigenvalue weighted by molar-refractivity contribution is 5.49. The second kappa shape index (κ2) is 5.86. The number of nitrogens with zero attached hydrogens (tertiary/aromatic N) is 3. The number of hydrogen-bond donors (Lipinski definition) is 0. The highest BCUT2D eigenvalue weighted by Gasteiger charge is 2.05. The first kappa shape index (κ1) is 13.6. The van der Waals surface area contributed by atoms with E-state index in [1.54, 1.807) is 18.2 Å². The van der Waals surface area contributed by atoms with E-state index in [0.717, 1.165) is 11.3 Å². The molecule has 0 saturated heterocycles. The molecule has 0 aliphatic rings. The van der Waals surface area contributed by atoms with E-state index < -0.39 is 5.82 Å². The van der Waals surface area contributed by atoms with Crippen LogP contribution in [0, 0.1) is 28.5 Å². The van der Waals surface area contributed by atoms with Crippen molar-refractivity contribution in [3.63, 3.8) is 0 Å². The van der Waals surface area contributed by atoms with Gasteiger partial charge in [0.1, 0.15) is 5.82 Å². The third-order valence-electron chi connectivity index (χ3n) is 2.94. The number of halogens is 1. The van der Waals surface area contributed by atoms with E-state index >= 15 is 0 Å². The van der Waals surface area contributed by atoms with Crippen LogP contribution in [-0.2, 0) is 6.54 Å². The predicted molar refractivity (Wildman–Crippen MR) is 74.4 cm³/mol. The quantitative estimate of drug-likeness (QED) is 0.856. The molecule has 4 heteroatoms. The average molecular weight is 265 g/mol. The van der Waals surface area contributed by atoms with Crippen LogP contribution in [0.4, 0.5) is 10.1 Å². The zero-order chi connectivity index (χ0) is 14.5. The maximum Gasteiger partial charge on any atom is 0.124 e. The zero-order valence-corrected chi connectivity index (χ0v) is 11.0. The molecule has 0 saturated carbocycles. The lowest BCUT2D eigenvalue weighted by Crippen LogP contribution is -2.16. The van der Waals surface area contributed by atoms with Crippen LogP contribution < -0.4 is 4.90 Å². The van der Waals surface area contributed by atoms with Crippen molar-refractivity contribution in [2.24, 2.45) is 0 Å². The van der Waals surface area contributed by atoms with E-state index in [9.17, 15) is 4.39 Å². The second-order valence-corrected chi connectivity index (χ2v) is 4.47. The molecule has 0 heterocycles. The number of hydrogen-bond acceptors (Lipinski definition) is 3. The molecular weight excluding hydrogens is 253 g/mol. The largest absolute Gasteiger partial charge is 0.370 e. The summed E-state index contributed by atoms with van der Waals surface area (Å²) in [5, 5.41) is 17.6. The Labute approximate surface area is 117 Å². The molecule has 0 atom stereocenters. The SMILES string of the molecule is CN(Cc1cc(F)cc(C#N)c1)c1ccc(C#N)cc1. The molecule has 2 aromatic rings. The van der Waals surface area contributed by atoms with E-state index in [1.807, 2.05) is 30.1 Å². The van der Waals surface area contributed by atoms with Crippen molar-refractivity contribution in [1.29, 1.82) is 10.5 Å². The van der Waals surface area contributed by atoms with Gasteiger partial charge in [-0.05, 0) is 48.0 Å². The summed E-state index contributed by atoms with van der Waals surface area (Å²) in [6.45, 7) is 0.484. The molecule has 0 aliphatic carbocycles. The Morgan fingerprint density at radius 3 is 2.25 bits per heavy atom. The van der Waals surface area contributed by atoms with Crippen molar-refractivity contribution in [2.75, 3.05) is 11.9 Å². The molecular formula is C16H12FN3. The van der Waals surface area contributed by atoms with Gasteiger partial charge in [-0.15, -0.1) is 0 Å². The summed E-state index contributed by atoms with van der Waals surface area (Å²) < 4.78 is 13.4. The van der Waals surface area contributed by atoms with E-state index in [1.165, 1.54) is 12.1 Å². The third kappa shape index (κ3) is 3.13. The van der Waals surface area contributed by atoms with Gasteiger partial charge in [0, 0.05) is 19.3 Å². The van der Waals surface area contributed by atoms with Gasteiger partial charge in [-0.2, -0.15) is 10.5 Å². The van der Waals surface area contributed by atoms with Crippen LogP contribution in [0.5, 0.6) is 0 Å². The Balaban J connectivity index is 2.19. The fourth-order valence-electron chi connectivity index (χ4n) is 1.96. The first-order valence-corrected chi connectivity index (χ1v) is 6.03. The van der Waals surface area contributed by atoms with E-state index in [4.69, 9.17) is 10.5 Å². The van der Waals surface area contributed by atoms with E-state index in [0.29, 0.717) is 17.7 Å². The highest BCUT2D eigenvalue weighted by Crippen LogP contribution is 2.17. The summed E-state index contributed by atoms with van der Waals surface area (Å²) in [6.07, 6.45) is 0. The maximum atomic E-state index is 13.4. The van der Waals surface area contributed by atoms with Gasteiger partial charge in [0.15, 0.2) is 0 Å². The van der Waals surface area contributed by atoms with Crippen molar-refractivity contribution in [3.05, 3.63) is 65.0 Å². The maximum absolute atomic E-state index is 13.4. The summed E-state index contributed by atoms with van der Waals surface area (Å²) >= 11 is 0. The molecule has 3 nitrogen and oxygen atoms in total. The molecule has 0 spiro atoms. The summed E-state index contributed by atoms with van der Waals surface area (Å²) in [5.41, 5.74) is 2.56. The minimum Gasteiger partial charge on any atom is -0.370 e. The molecule has 0 unspecified atom stereocenters. The van der Waals surface area contributed by atoms with Crippen molar-refractivity contribution < 1.29 is 4.39 Å². The fraction of sp³-hybridized carbons (Fsp3) is 0.125. The summed E-state index contributed by atoms with van der Waals surface area (Å²) in [5.74, 6) is -0.410. The summed E-state index contributed by atoms with van der Waals surface area (Å²) in [6, 6.07) is 15.4. The standard InChI is InChI=1S/C16H12FN3/c1-20(16-4-2-12(9-18)3-5-16)11-14-6-13(10-19)7-15(17)8-14/h2-8H,11H2,1H3. The number of anilines is 1. The van der Waals surface area contributed by atoms with Gasteiger partial charge in [-0.25, -0.2) is 4.39 Å². The first-order chi connectivity index (χ1) is 9.62. The summed E-state index contributed by atoms with van der Waals surface area (Å²) in [4.78, 5) is 1.93. The first-order valence-electron chi connectivity index (χ1n) is 6.03. The molecule has 0 aliphatic heterocycles. The van der Waals surface area contributed by atoms with Gasteiger partial charge in [-0.3, -0.25) is 0 Å². The Hall–Kier alpha value is -2.85. The lowest BCUT2D eigenvalue weighted by Gasteiger charge is -2.19. The van der Waals surface area contributed by atoms with Crippen LogP contribution in [0.1, 0.15) is 16.7 Å². The van der Waals surface area contributed by atoms with E-state index in [-0.39, 0.29) is 0 Å². The smallest absolute Gasteiger partial charge is 0.124 e. The molecule has 0 N–H and O–H groups in total. The molecule has 0 aromatic heterocycles. The topological polar surface area (TPSA) is 50.8 Å². The van der Waals surface area contributed by atoms with Crippen LogP contribution in [0.3, 0.4) is 0 Å². The Morgan fingerprint density at radius 1 is 1.00 bits per heavy atom. The molecule has 2 rings (SSSR count). The Kier molecular flexibility index (Phi) is 3.98. The molecule has 0 bridgehead atoms. The molecule has 20 heavy (non-hydrogen) atoms. The molecule has 2 aromatic carbocycles. The monoisotopic (exact) mass is 265 g/mol. The van der Waals surface area contributed by atoms with Gasteiger partial charge in [0.25, 0.3) is 0 Å². The van der Waals surface area contributed by atoms with E-state index in [2.05, 4.69) is 6.07 Å². The van der Waals surface area contributed by atoms with Crippen LogP contribution in [0.2, 0.25) is 0 Å². The second-order valence-electron chi connectivity index (χ2n) is 4.47. The van der Waals surface area contributed by atoms with Crippen molar-refractivity contribution in [1.82, 2.24) is 0 Å². The van der Waals surface area contributed by atoms with Crippen molar-refractivity contribution >= 4 is 5.69 Å². The van der Waals surface area contributed by atoms with Crippen molar-refractivity contribution in [2.45, 2.75) is 6.54 Å². The van der Waals surface area contributed by atoms with Gasteiger partial charge in [0.05, 0.1) is 23.3 Å². The lowest BCUT2D eigenvalue weighted by molar-refractivity contribution is 0.624. The van der Waals surface area contributed by atoms with Gasteiger partial charge in [0.2, 0.25) is 0 Å². The molecule has 0 radical (unpaired) electrons. The van der Waals surface area contributed by atoms with Gasteiger partial charge >= 0.3 is 0 Å². The average Bonchev–Trinajstić information content (AvgIpc) is 2.46. The fourth-order valence-corrected chi connectivity index (χ4v) is 1.96. The molecule has 0 fully saturated rings. The lowest BCUT2D eigenvalue weighted by atomic mass is 10.1. The molecule has 0 amide bonds. The Bertz CT molecular complexity index is 693. The minimum absolute atomic E-state index is 0.313. The number of rotatable bonds is 3. The Morgan fingerprint density at radius 2 is 1.65 bits per heavy atom. The predicted octanol–water partition coefficient (Wildman–Crippen LogP) is 3.21. The van der Waals surface area contributed by atoms with Crippen LogP contribution in [0.15, 0.2) is 42.5 Å². The van der Waals surface area contributed by atoms with Crippen LogP contribution >= 0.6 is 0 Å². The summed E-state index contributed by atoms with van der Waals surface area (Å²) in [7, 11) is 1.87. The van der Waals surface area contributed by atoms with Crippen LogP contribution in [-0.4, -0.2) is 7.05 Å². The number of benzene rings is 2. The van der Waals surface area contributed by atoms with Crippen molar-refractivity contribution in [3.8, 4) is 12.1 Å². The normalized spacial score (nSPS) is 9.60. The molecule has 98 valence electrons. The van der Waals surface area contributed by atoms with Gasteiger partial charge < -0.3 is 4.90 Å². The zero-order valence-electron chi connectivity index (χ0n) is 11.0. The highest BCUT2D eigenvalue weighted by atomic mass is 19.1. The van der Waals surface area contributed by atoms with Gasteiger partial charge in [-0.1, -0.05) is 0 Å². The minimum atomic E-state index is -0.410. The third-order valence-corrected chi connectivity index (χ3v) is 2.94. The van der Waals surface area contributed by atoms with Crippen LogP contribution in [0.25, 0.3) is 0 Å². The number of nitriles is 2.